The van der Waals surface area contributed by atoms with Crippen molar-refractivity contribution in [2.45, 2.75) is 0 Å². The summed E-state index contributed by atoms with van der Waals surface area (Å²) in [5.74, 6) is 0.732. The van der Waals surface area contributed by atoms with Crippen LogP contribution >= 0.6 is 12.2 Å². The number of aromatic nitrogens is 1. The lowest BCUT2D eigenvalue weighted by Crippen LogP contribution is -2.32. The van der Waals surface area contributed by atoms with Gasteiger partial charge in [0.15, 0.2) is 10.7 Å². The van der Waals surface area contributed by atoms with E-state index >= 15 is 0 Å². The van der Waals surface area contributed by atoms with Crippen LogP contribution in [0, 0.1) is 0 Å². The Kier molecular flexibility index (Phi) is 5.23. The number of furan rings is 1. The lowest BCUT2D eigenvalue weighted by atomic mass is 10.1. The van der Waals surface area contributed by atoms with E-state index in [1.165, 1.54) is 12.3 Å². The van der Waals surface area contributed by atoms with Gasteiger partial charge in [-0.15, -0.1) is 0 Å². The zero-order valence-electron chi connectivity index (χ0n) is 16.7. The molecule has 1 amide bonds. The third kappa shape index (κ3) is 4.14. The Labute approximate surface area is 188 Å². The molecular formula is C25H17N3O3S. The summed E-state index contributed by atoms with van der Waals surface area (Å²) in [6.45, 7) is 0. The van der Waals surface area contributed by atoms with Crippen molar-refractivity contribution >= 4 is 56.9 Å². The van der Waals surface area contributed by atoms with Crippen molar-refractivity contribution in [3.05, 3.63) is 90.9 Å². The van der Waals surface area contributed by atoms with Gasteiger partial charge in [-0.1, -0.05) is 36.4 Å². The van der Waals surface area contributed by atoms with Crippen molar-refractivity contribution in [2.24, 2.45) is 0 Å². The van der Waals surface area contributed by atoms with Crippen molar-refractivity contribution in [2.75, 3.05) is 5.32 Å². The van der Waals surface area contributed by atoms with Gasteiger partial charge in [-0.25, -0.2) is 4.98 Å². The Morgan fingerprint density at radius 3 is 2.78 bits per heavy atom. The number of oxazole rings is 1. The fraction of sp³-hybridized carbons (Fsp3) is 0. The molecule has 2 aromatic heterocycles. The van der Waals surface area contributed by atoms with Crippen molar-refractivity contribution < 1.29 is 13.6 Å². The molecular weight excluding hydrogens is 422 g/mol. The van der Waals surface area contributed by atoms with Crippen LogP contribution in [0.2, 0.25) is 0 Å². The molecule has 0 unspecified atom stereocenters. The van der Waals surface area contributed by atoms with Gasteiger partial charge in [0.2, 0.25) is 11.8 Å². The van der Waals surface area contributed by atoms with E-state index in [1.54, 1.807) is 18.2 Å². The molecule has 156 valence electrons. The summed E-state index contributed by atoms with van der Waals surface area (Å²) in [6.07, 6.45) is 4.46. The molecule has 0 radical (unpaired) electrons. The Bertz CT molecular complexity index is 1470. The molecule has 2 heterocycles. The number of fused-ring (bicyclic) bond motifs is 3. The number of hydrogen-bond donors (Lipinski definition) is 2. The molecule has 0 aliphatic carbocycles. The van der Waals surface area contributed by atoms with Gasteiger partial charge in [0.25, 0.3) is 0 Å². The quantitative estimate of drug-likeness (QED) is 0.273. The maximum Gasteiger partial charge on any atom is 0.250 e. The number of anilines is 1. The molecule has 0 atom stereocenters. The number of hydrogen-bond acceptors (Lipinski definition) is 5. The van der Waals surface area contributed by atoms with E-state index in [4.69, 9.17) is 26.0 Å². The van der Waals surface area contributed by atoms with Crippen molar-refractivity contribution in [1.82, 2.24) is 10.3 Å². The van der Waals surface area contributed by atoms with Crippen LogP contribution < -0.4 is 10.6 Å². The predicted octanol–water partition coefficient (Wildman–Crippen LogP) is 5.77. The average molecular weight is 439 g/mol. The molecule has 5 rings (SSSR count). The van der Waals surface area contributed by atoms with Crippen LogP contribution in [-0.4, -0.2) is 16.0 Å². The summed E-state index contributed by atoms with van der Waals surface area (Å²) in [4.78, 5) is 16.8. The van der Waals surface area contributed by atoms with Gasteiger partial charge in [-0.05, 0) is 60.1 Å². The normalized spacial score (nSPS) is 11.2. The number of nitrogens with zero attached hydrogens (tertiary/aromatic N) is 1. The second-order valence-electron chi connectivity index (χ2n) is 7.03. The minimum atomic E-state index is -0.360. The standard InChI is InChI=1S/C25H17N3O3S/c29-22(13-11-19-8-4-14-30-19)27-25(32)26-18-7-3-6-17(15-18)24-28-23-20-9-2-1-5-16(20)10-12-21(23)31-24/h1-15H,(H2,26,27,29,32). The second kappa shape index (κ2) is 8.49. The van der Waals surface area contributed by atoms with E-state index in [2.05, 4.69) is 10.6 Å². The van der Waals surface area contributed by atoms with Crippen molar-refractivity contribution in [1.29, 1.82) is 0 Å². The Morgan fingerprint density at radius 2 is 1.91 bits per heavy atom. The minimum Gasteiger partial charge on any atom is -0.465 e. The van der Waals surface area contributed by atoms with Crippen LogP contribution in [0.15, 0.2) is 94.0 Å². The first-order chi connectivity index (χ1) is 15.7. The van der Waals surface area contributed by atoms with Gasteiger partial charge in [0.05, 0.1) is 6.26 Å². The van der Waals surface area contributed by atoms with E-state index in [-0.39, 0.29) is 11.0 Å². The number of nitrogens with one attached hydrogen (secondary N) is 2. The number of rotatable bonds is 4. The third-order valence-electron chi connectivity index (χ3n) is 4.83. The van der Waals surface area contributed by atoms with Gasteiger partial charge in [0, 0.05) is 22.7 Å². The summed E-state index contributed by atoms with van der Waals surface area (Å²) < 4.78 is 11.1. The molecule has 5 aromatic rings. The van der Waals surface area contributed by atoms with Gasteiger partial charge in [-0.3, -0.25) is 10.1 Å². The molecule has 0 aliphatic rings. The van der Waals surface area contributed by atoms with Crippen LogP contribution in [0.1, 0.15) is 5.76 Å². The molecule has 0 bridgehead atoms. The summed E-state index contributed by atoms with van der Waals surface area (Å²) in [5.41, 5.74) is 3.04. The number of carbonyl (C=O) groups is 1. The smallest absolute Gasteiger partial charge is 0.250 e. The molecule has 32 heavy (non-hydrogen) atoms. The average Bonchev–Trinajstić information content (AvgIpc) is 3.48. The number of amides is 1. The molecule has 7 heteroatoms. The predicted molar refractivity (Wildman–Crippen MR) is 129 cm³/mol. The SMILES string of the molecule is O=C(C=Cc1ccco1)NC(=S)Nc1cccc(-c2nc3c(ccc4ccccc43)o2)c1. The lowest BCUT2D eigenvalue weighted by molar-refractivity contribution is -0.115. The lowest BCUT2D eigenvalue weighted by Gasteiger charge is -2.08. The fourth-order valence-electron chi connectivity index (χ4n) is 3.37. The van der Waals surface area contributed by atoms with E-state index in [1.807, 2.05) is 60.7 Å². The molecule has 0 spiro atoms. The number of benzene rings is 3. The third-order valence-corrected chi connectivity index (χ3v) is 5.03. The highest BCUT2D eigenvalue weighted by molar-refractivity contribution is 7.80. The van der Waals surface area contributed by atoms with Crippen molar-refractivity contribution in [3.63, 3.8) is 0 Å². The number of carbonyl (C=O) groups excluding carboxylic acids is 1. The van der Waals surface area contributed by atoms with Gasteiger partial charge >= 0.3 is 0 Å². The molecule has 2 N–H and O–H groups in total. The highest BCUT2D eigenvalue weighted by Gasteiger charge is 2.12. The van der Waals surface area contributed by atoms with E-state index in [9.17, 15) is 4.79 Å². The fourth-order valence-corrected chi connectivity index (χ4v) is 3.59. The zero-order valence-corrected chi connectivity index (χ0v) is 17.6. The first-order valence-electron chi connectivity index (χ1n) is 9.88. The van der Waals surface area contributed by atoms with Crippen LogP contribution in [0.3, 0.4) is 0 Å². The van der Waals surface area contributed by atoms with Crippen LogP contribution in [0.4, 0.5) is 5.69 Å². The van der Waals surface area contributed by atoms with E-state index in [0.29, 0.717) is 17.3 Å². The maximum absolute atomic E-state index is 12.0. The second-order valence-corrected chi connectivity index (χ2v) is 7.43. The topological polar surface area (TPSA) is 80.3 Å². The zero-order chi connectivity index (χ0) is 21.9. The van der Waals surface area contributed by atoms with Crippen LogP contribution in [-0.2, 0) is 4.79 Å². The Balaban J connectivity index is 1.33. The molecule has 0 saturated heterocycles. The Hall–Kier alpha value is -4.23. The van der Waals surface area contributed by atoms with E-state index in [0.717, 1.165) is 27.4 Å². The first kappa shape index (κ1) is 19.7. The summed E-state index contributed by atoms with van der Waals surface area (Å²) in [5, 5.41) is 7.95. The minimum absolute atomic E-state index is 0.180. The summed E-state index contributed by atoms with van der Waals surface area (Å²) >= 11 is 5.25. The summed E-state index contributed by atoms with van der Waals surface area (Å²) in [7, 11) is 0. The van der Waals surface area contributed by atoms with Crippen molar-refractivity contribution in [3.8, 4) is 11.5 Å². The number of thiocarbonyl (C=S) groups is 1. The molecule has 0 fully saturated rings. The molecule has 0 saturated carbocycles. The highest BCUT2D eigenvalue weighted by atomic mass is 32.1. The van der Waals surface area contributed by atoms with Gasteiger partial charge in [0.1, 0.15) is 11.3 Å². The molecule has 0 aliphatic heterocycles. The summed E-state index contributed by atoms with van der Waals surface area (Å²) in [6, 6.07) is 23.0. The Morgan fingerprint density at radius 1 is 1.00 bits per heavy atom. The first-order valence-corrected chi connectivity index (χ1v) is 10.3. The highest BCUT2D eigenvalue weighted by Crippen LogP contribution is 2.30. The largest absolute Gasteiger partial charge is 0.465 e. The van der Waals surface area contributed by atoms with E-state index < -0.39 is 0 Å². The van der Waals surface area contributed by atoms with Gasteiger partial charge in [-0.2, -0.15) is 0 Å². The molecule has 6 nitrogen and oxygen atoms in total. The molecule has 3 aromatic carbocycles. The van der Waals surface area contributed by atoms with Crippen LogP contribution in [0.25, 0.3) is 39.4 Å². The monoisotopic (exact) mass is 439 g/mol. The maximum atomic E-state index is 12.0. The van der Waals surface area contributed by atoms with Crippen LogP contribution in [0.5, 0.6) is 0 Å². The van der Waals surface area contributed by atoms with Gasteiger partial charge < -0.3 is 14.2 Å².